The fraction of sp³-hybridized carbons (Fsp3) is 0.333. The lowest BCUT2D eigenvalue weighted by atomic mass is 10.2. The van der Waals surface area contributed by atoms with E-state index >= 15 is 0 Å². The number of hydrogen-bond donors (Lipinski definition) is 1. The molecular weight excluding hydrogens is 234 g/mol. The molecule has 2 N–H and O–H groups in total. The van der Waals surface area contributed by atoms with Crippen molar-refractivity contribution in [3.63, 3.8) is 0 Å². The Morgan fingerprint density at radius 2 is 2.33 bits per heavy atom. The monoisotopic (exact) mass is 243 g/mol. The molecule has 2 aromatic heterocycles. The zero-order valence-electron chi connectivity index (χ0n) is 8.11. The molecule has 0 fully saturated rings. The van der Waals surface area contributed by atoms with E-state index in [1.807, 2.05) is 13.0 Å². The number of thiophene rings is 1. The molecule has 0 aliphatic carbocycles. The Labute approximate surface area is 96.1 Å². The highest BCUT2D eigenvalue weighted by Crippen LogP contribution is 2.30. The van der Waals surface area contributed by atoms with Gasteiger partial charge in [-0.15, -0.1) is 21.5 Å². The minimum Gasteiger partial charge on any atom is -0.418 e. The van der Waals surface area contributed by atoms with Gasteiger partial charge in [-0.2, -0.15) is 0 Å². The molecule has 0 aromatic carbocycles. The van der Waals surface area contributed by atoms with E-state index in [-0.39, 0.29) is 6.04 Å². The van der Waals surface area contributed by atoms with Crippen LogP contribution in [0.1, 0.15) is 25.3 Å². The number of hydrogen-bond acceptors (Lipinski definition) is 5. The Kier molecular flexibility index (Phi) is 3.04. The average molecular weight is 244 g/mol. The van der Waals surface area contributed by atoms with Crippen molar-refractivity contribution in [1.29, 1.82) is 0 Å². The summed E-state index contributed by atoms with van der Waals surface area (Å²) in [7, 11) is 0. The van der Waals surface area contributed by atoms with Crippen molar-refractivity contribution in [2.75, 3.05) is 0 Å². The summed E-state index contributed by atoms with van der Waals surface area (Å²) in [6.07, 6.45) is 0.771. The molecule has 15 heavy (non-hydrogen) atoms. The van der Waals surface area contributed by atoms with Crippen LogP contribution in [0.15, 0.2) is 16.5 Å². The van der Waals surface area contributed by atoms with Crippen molar-refractivity contribution in [3.8, 4) is 10.8 Å². The van der Waals surface area contributed by atoms with Crippen LogP contribution in [0.3, 0.4) is 0 Å². The summed E-state index contributed by atoms with van der Waals surface area (Å²) >= 11 is 7.21. The predicted molar refractivity (Wildman–Crippen MR) is 59.8 cm³/mol. The number of aromatic nitrogens is 2. The molecule has 1 unspecified atom stereocenters. The summed E-state index contributed by atoms with van der Waals surface area (Å²) in [6, 6.07) is 3.45. The van der Waals surface area contributed by atoms with Crippen molar-refractivity contribution in [2.24, 2.45) is 5.73 Å². The van der Waals surface area contributed by atoms with E-state index in [4.69, 9.17) is 21.8 Å². The first-order valence-electron chi connectivity index (χ1n) is 4.55. The molecule has 0 radical (unpaired) electrons. The van der Waals surface area contributed by atoms with Gasteiger partial charge in [-0.05, 0) is 18.6 Å². The number of halogens is 1. The van der Waals surface area contributed by atoms with Gasteiger partial charge in [-0.1, -0.05) is 18.5 Å². The standard InChI is InChI=1S/C9H10ClN3OS/c1-2-5(11)8-12-13-9(14-8)6-3-4-7(10)15-6/h3-5H,2,11H2,1H3. The van der Waals surface area contributed by atoms with E-state index < -0.39 is 0 Å². The van der Waals surface area contributed by atoms with Gasteiger partial charge in [-0.3, -0.25) is 0 Å². The average Bonchev–Trinajstić information content (AvgIpc) is 2.84. The summed E-state index contributed by atoms with van der Waals surface area (Å²) in [4.78, 5) is 0.863. The topological polar surface area (TPSA) is 64.9 Å². The quantitative estimate of drug-likeness (QED) is 0.900. The SMILES string of the molecule is CCC(N)c1nnc(-c2ccc(Cl)s2)o1. The third kappa shape index (κ3) is 2.19. The molecule has 6 heteroatoms. The minimum atomic E-state index is -0.193. The van der Waals surface area contributed by atoms with Gasteiger partial charge in [0.05, 0.1) is 15.3 Å². The zero-order chi connectivity index (χ0) is 10.8. The van der Waals surface area contributed by atoms with E-state index in [9.17, 15) is 0 Å². The van der Waals surface area contributed by atoms with Crippen molar-refractivity contribution in [1.82, 2.24) is 10.2 Å². The van der Waals surface area contributed by atoms with Gasteiger partial charge in [0.2, 0.25) is 5.89 Å². The van der Waals surface area contributed by atoms with Crippen LogP contribution >= 0.6 is 22.9 Å². The first-order chi connectivity index (χ1) is 7.20. The highest BCUT2D eigenvalue weighted by atomic mass is 35.5. The maximum atomic E-state index is 5.81. The van der Waals surface area contributed by atoms with Crippen LogP contribution in [-0.4, -0.2) is 10.2 Å². The summed E-state index contributed by atoms with van der Waals surface area (Å²) < 4.78 is 6.14. The highest BCUT2D eigenvalue weighted by Gasteiger charge is 2.14. The van der Waals surface area contributed by atoms with Crippen LogP contribution in [0.4, 0.5) is 0 Å². The third-order valence-electron chi connectivity index (χ3n) is 1.98. The van der Waals surface area contributed by atoms with Crippen molar-refractivity contribution in [2.45, 2.75) is 19.4 Å². The van der Waals surface area contributed by atoms with Gasteiger partial charge in [0.15, 0.2) is 0 Å². The van der Waals surface area contributed by atoms with E-state index in [0.29, 0.717) is 16.1 Å². The maximum absolute atomic E-state index is 5.81. The van der Waals surface area contributed by atoms with E-state index in [0.717, 1.165) is 11.3 Å². The second kappa shape index (κ2) is 4.30. The fourth-order valence-corrected chi connectivity index (χ4v) is 2.05. The van der Waals surface area contributed by atoms with Crippen molar-refractivity contribution in [3.05, 3.63) is 22.4 Å². The molecule has 0 saturated heterocycles. The molecule has 2 aromatic rings. The number of nitrogens with two attached hydrogens (primary N) is 1. The van der Waals surface area contributed by atoms with Crippen LogP contribution in [0, 0.1) is 0 Å². The Morgan fingerprint density at radius 1 is 1.53 bits per heavy atom. The predicted octanol–water partition coefficient (Wildman–Crippen LogP) is 2.86. The molecule has 4 nitrogen and oxygen atoms in total. The van der Waals surface area contributed by atoms with Crippen LogP contribution in [0.25, 0.3) is 10.8 Å². The van der Waals surface area contributed by atoms with E-state index in [1.165, 1.54) is 11.3 Å². The lowest BCUT2D eigenvalue weighted by Gasteiger charge is -1.99. The molecule has 0 spiro atoms. The lowest BCUT2D eigenvalue weighted by molar-refractivity contribution is 0.453. The second-order valence-electron chi connectivity index (χ2n) is 3.06. The Bertz CT molecular complexity index is 454. The molecule has 0 aliphatic heterocycles. The minimum absolute atomic E-state index is 0.193. The van der Waals surface area contributed by atoms with Crippen LogP contribution in [-0.2, 0) is 0 Å². The normalized spacial score (nSPS) is 13.0. The Balaban J connectivity index is 2.27. The molecule has 0 saturated carbocycles. The molecule has 0 aliphatic rings. The molecule has 0 amide bonds. The zero-order valence-corrected chi connectivity index (χ0v) is 9.68. The van der Waals surface area contributed by atoms with Gasteiger partial charge >= 0.3 is 0 Å². The lowest BCUT2D eigenvalue weighted by Crippen LogP contribution is -2.08. The van der Waals surface area contributed by atoms with Crippen molar-refractivity contribution < 1.29 is 4.42 Å². The molecule has 2 heterocycles. The number of nitrogens with zero attached hydrogens (tertiary/aromatic N) is 2. The second-order valence-corrected chi connectivity index (χ2v) is 4.78. The summed E-state index contributed by atoms with van der Waals surface area (Å²) in [5.41, 5.74) is 5.77. The summed E-state index contributed by atoms with van der Waals surface area (Å²) in [6.45, 7) is 1.97. The molecule has 1 atom stereocenters. The molecule has 80 valence electrons. The van der Waals surface area contributed by atoms with Gasteiger partial charge in [0.25, 0.3) is 5.89 Å². The summed E-state index contributed by atoms with van der Waals surface area (Å²) in [5.74, 6) is 0.947. The molecule has 2 rings (SSSR count). The van der Waals surface area contributed by atoms with Crippen LogP contribution < -0.4 is 5.73 Å². The first-order valence-corrected chi connectivity index (χ1v) is 5.75. The van der Waals surface area contributed by atoms with Gasteiger partial charge in [-0.25, -0.2) is 0 Å². The Hall–Kier alpha value is -0.910. The van der Waals surface area contributed by atoms with Crippen LogP contribution in [0.2, 0.25) is 4.34 Å². The van der Waals surface area contributed by atoms with Gasteiger partial charge in [0, 0.05) is 0 Å². The maximum Gasteiger partial charge on any atom is 0.257 e. The van der Waals surface area contributed by atoms with Crippen molar-refractivity contribution >= 4 is 22.9 Å². The summed E-state index contributed by atoms with van der Waals surface area (Å²) in [5, 5.41) is 7.82. The smallest absolute Gasteiger partial charge is 0.257 e. The van der Waals surface area contributed by atoms with E-state index in [1.54, 1.807) is 6.07 Å². The third-order valence-corrected chi connectivity index (χ3v) is 3.20. The largest absolute Gasteiger partial charge is 0.418 e. The van der Waals surface area contributed by atoms with Gasteiger partial charge in [0.1, 0.15) is 0 Å². The highest BCUT2D eigenvalue weighted by molar-refractivity contribution is 7.19. The Morgan fingerprint density at radius 3 is 2.93 bits per heavy atom. The van der Waals surface area contributed by atoms with Crippen LogP contribution in [0.5, 0.6) is 0 Å². The molecular formula is C9H10ClN3OS. The van der Waals surface area contributed by atoms with E-state index in [2.05, 4.69) is 10.2 Å². The number of rotatable bonds is 3. The first kappa shape index (κ1) is 10.6. The molecule has 0 bridgehead atoms. The van der Waals surface area contributed by atoms with Gasteiger partial charge < -0.3 is 10.2 Å². The fourth-order valence-electron chi connectivity index (χ4n) is 1.09.